The largest absolute Gasteiger partial charge is 0.396 e. The normalized spacial score (nSPS) is 18.6. The second-order valence-corrected chi connectivity index (χ2v) is 4.66. The van der Waals surface area contributed by atoms with Crippen molar-refractivity contribution in [3.05, 3.63) is 22.2 Å². The van der Waals surface area contributed by atoms with Gasteiger partial charge in [0.2, 0.25) is 5.82 Å². The molecule has 0 aliphatic carbocycles. The molecule has 0 spiro atoms. The molecule has 19 heavy (non-hydrogen) atoms. The molecule has 2 rings (SSSR count). The van der Waals surface area contributed by atoms with Gasteiger partial charge in [-0.3, -0.25) is 10.1 Å². The summed E-state index contributed by atoms with van der Waals surface area (Å²) in [5, 5.41) is 22.9. The highest BCUT2D eigenvalue weighted by atomic mass is 16.6. The third-order valence-electron chi connectivity index (χ3n) is 3.43. The van der Waals surface area contributed by atoms with E-state index in [1.54, 1.807) is 13.1 Å². The summed E-state index contributed by atoms with van der Waals surface area (Å²) in [7, 11) is 1.73. The molecule has 0 aromatic carbocycles. The third kappa shape index (κ3) is 2.93. The topological polar surface area (TPSA) is 91.5 Å². The van der Waals surface area contributed by atoms with E-state index in [1.165, 1.54) is 6.07 Å². The molecule has 1 unspecified atom stereocenters. The van der Waals surface area contributed by atoms with Gasteiger partial charge in [-0.25, -0.2) is 4.98 Å². The van der Waals surface area contributed by atoms with Gasteiger partial charge in [-0.1, -0.05) is 0 Å². The summed E-state index contributed by atoms with van der Waals surface area (Å²) in [6, 6.07) is 3.08. The summed E-state index contributed by atoms with van der Waals surface area (Å²) in [6.07, 6.45) is 1.67. The standard InChI is InChI=1S/C12H18N4O3/c1-13-11-3-2-10(16(18)19)12(14-11)15-6-4-9(8-15)5-7-17/h2-3,9,17H,4-8H2,1H3,(H,13,14). The molecule has 0 radical (unpaired) electrons. The van der Waals surface area contributed by atoms with E-state index in [2.05, 4.69) is 10.3 Å². The van der Waals surface area contributed by atoms with Gasteiger partial charge in [-0.05, 0) is 24.8 Å². The van der Waals surface area contributed by atoms with Crippen molar-refractivity contribution in [1.82, 2.24) is 4.98 Å². The van der Waals surface area contributed by atoms with Crippen LogP contribution in [0.2, 0.25) is 0 Å². The fourth-order valence-corrected chi connectivity index (χ4v) is 2.40. The number of hydrogen-bond acceptors (Lipinski definition) is 6. The zero-order chi connectivity index (χ0) is 13.8. The Labute approximate surface area is 111 Å². The van der Waals surface area contributed by atoms with Crippen molar-refractivity contribution in [2.45, 2.75) is 12.8 Å². The second-order valence-electron chi connectivity index (χ2n) is 4.66. The zero-order valence-electron chi connectivity index (χ0n) is 10.9. The predicted octanol–water partition coefficient (Wildman–Crippen LogP) is 1.24. The molecular weight excluding hydrogens is 248 g/mol. The molecule has 7 heteroatoms. The number of anilines is 2. The van der Waals surface area contributed by atoms with Crippen LogP contribution in [0.4, 0.5) is 17.3 Å². The van der Waals surface area contributed by atoms with Crippen molar-refractivity contribution in [3.8, 4) is 0 Å². The molecular formula is C12H18N4O3. The third-order valence-corrected chi connectivity index (χ3v) is 3.43. The molecule has 0 bridgehead atoms. The zero-order valence-corrected chi connectivity index (χ0v) is 10.9. The van der Waals surface area contributed by atoms with Gasteiger partial charge >= 0.3 is 5.69 Å². The molecule has 1 atom stereocenters. The van der Waals surface area contributed by atoms with Crippen LogP contribution in [0.3, 0.4) is 0 Å². The summed E-state index contributed by atoms with van der Waals surface area (Å²) in [6.45, 7) is 1.61. The average molecular weight is 266 g/mol. The molecule has 1 fully saturated rings. The number of nitrogens with zero attached hydrogens (tertiary/aromatic N) is 3. The highest BCUT2D eigenvalue weighted by molar-refractivity contribution is 5.62. The van der Waals surface area contributed by atoms with Gasteiger partial charge in [-0.2, -0.15) is 0 Å². The maximum absolute atomic E-state index is 11.1. The Morgan fingerprint density at radius 3 is 3.05 bits per heavy atom. The lowest BCUT2D eigenvalue weighted by Crippen LogP contribution is -2.22. The van der Waals surface area contributed by atoms with Gasteiger partial charge in [0.15, 0.2) is 0 Å². The molecule has 2 heterocycles. The molecule has 1 aromatic rings. The van der Waals surface area contributed by atoms with Crippen LogP contribution in [0, 0.1) is 16.0 Å². The Hall–Kier alpha value is -1.89. The van der Waals surface area contributed by atoms with Crippen molar-refractivity contribution in [1.29, 1.82) is 0 Å². The number of rotatable bonds is 5. The van der Waals surface area contributed by atoms with Crippen molar-refractivity contribution in [2.24, 2.45) is 5.92 Å². The van der Waals surface area contributed by atoms with Crippen molar-refractivity contribution in [2.75, 3.05) is 37.0 Å². The van der Waals surface area contributed by atoms with E-state index >= 15 is 0 Å². The molecule has 1 aliphatic rings. The van der Waals surface area contributed by atoms with E-state index in [0.29, 0.717) is 24.1 Å². The van der Waals surface area contributed by atoms with E-state index in [-0.39, 0.29) is 12.3 Å². The van der Waals surface area contributed by atoms with E-state index in [0.717, 1.165) is 19.4 Å². The lowest BCUT2D eigenvalue weighted by molar-refractivity contribution is -0.384. The van der Waals surface area contributed by atoms with Crippen LogP contribution in [0.15, 0.2) is 12.1 Å². The average Bonchev–Trinajstić information content (AvgIpc) is 2.87. The molecule has 1 aliphatic heterocycles. The molecule has 0 amide bonds. The highest BCUT2D eigenvalue weighted by Gasteiger charge is 2.28. The van der Waals surface area contributed by atoms with Gasteiger partial charge < -0.3 is 15.3 Å². The SMILES string of the molecule is CNc1ccc([N+](=O)[O-])c(N2CCC(CCO)C2)n1. The van der Waals surface area contributed by atoms with Gasteiger partial charge in [0, 0.05) is 32.8 Å². The van der Waals surface area contributed by atoms with Crippen LogP contribution in [-0.4, -0.2) is 41.8 Å². The number of aromatic nitrogens is 1. The Kier molecular flexibility index (Phi) is 4.16. The fourth-order valence-electron chi connectivity index (χ4n) is 2.40. The first kappa shape index (κ1) is 13.5. The lowest BCUT2D eigenvalue weighted by Gasteiger charge is -2.18. The van der Waals surface area contributed by atoms with E-state index < -0.39 is 4.92 Å². The van der Waals surface area contributed by atoms with Crippen LogP contribution >= 0.6 is 0 Å². The molecule has 1 aromatic heterocycles. The maximum atomic E-state index is 11.1. The van der Waals surface area contributed by atoms with Gasteiger partial charge in [-0.15, -0.1) is 0 Å². The first-order valence-electron chi connectivity index (χ1n) is 6.34. The summed E-state index contributed by atoms with van der Waals surface area (Å²) < 4.78 is 0. The van der Waals surface area contributed by atoms with Gasteiger partial charge in [0.1, 0.15) is 5.82 Å². The molecule has 7 nitrogen and oxygen atoms in total. The summed E-state index contributed by atoms with van der Waals surface area (Å²) in [4.78, 5) is 16.9. The second kappa shape index (κ2) is 5.83. The highest BCUT2D eigenvalue weighted by Crippen LogP contribution is 2.32. The van der Waals surface area contributed by atoms with Crippen LogP contribution in [0.5, 0.6) is 0 Å². The summed E-state index contributed by atoms with van der Waals surface area (Å²) in [5.41, 5.74) is 0.0312. The minimum absolute atomic E-state index is 0.0312. The Balaban J connectivity index is 2.25. The first-order valence-corrected chi connectivity index (χ1v) is 6.34. The van der Waals surface area contributed by atoms with Crippen molar-refractivity contribution in [3.63, 3.8) is 0 Å². The Morgan fingerprint density at radius 1 is 1.63 bits per heavy atom. The minimum atomic E-state index is -0.402. The van der Waals surface area contributed by atoms with Crippen LogP contribution < -0.4 is 10.2 Å². The van der Waals surface area contributed by atoms with Crippen LogP contribution in [0.25, 0.3) is 0 Å². The quantitative estimate of drug-likeness (QED) is 0.615. The summed E-state index contributed by atoms with van der Waals surface area (Å²) >= 11 is 0. The van der Waals surface area contributed by atoms with Crippen molar-refractivity contribution >= 4 is 17.3 Å². The molecule has 2 N–H and O–H groups in total. The first-order chi connectivity index (χ1) is 9.15. The predicted molar refractivity (Wildman–Crippen MR) is 72.5 cm³/mol. The van der Waals surface area contributed by atoms with Crippen LogP contribution in [-0.2, 0) is 0 Å². The van der Waals surface area contributed by atoms with Gasteiger partial charge in [0.25, 0.3) is 0 Å². The summed E-state index contributed by atoms with van der Waals surface area (Å²) in [5.74, 6) is 1.41. The molecule has 104 valence electrons. The number of pyridine rings is 1. The van der Waals surface area contributed by atoms with E-state index in [4.69, 9.17) is 5.11 Å². The van der Waals surface area contributed by atoms with E-state index in [9.17, 15) is 10.1 Å². The van der Waals surface area contributed by atoms with Crippen molar-refractivity contribution < 1.29 is 10.0 Å². The Bertz CT molecular complexity index is 466. The lowest BCUT2D eigenvalue weighted by atomic mass is 10.1. The molecule has 1 saturated heterocycles. The Morgan fingerprint density at radius 2 is 2.42 bits per heavy atom. The van der Waals surface area contributed by atoms with Gasteiger partial charge in [0.05, 0.1) is 4.92 Å². The number of hydrogen-bond donors (Lipinski definition) is 2. The number of aliphatic hydroxyl groups excluding tert-OH is 1. The minimum Gasteiger partial charge on any atom is -0.396 e. The monoisotopic (exact) mass is 266 g/mol. The van der Waals surface area contributed by atoms with Crippen LogP contribution in [0.1, 0.15) is 12.8 Å². The maximum Gasteiger partial charge on any atom is 0.311 e. The number of nitrogens with one attached hydrogen (secondary N) is 1. The molecule has 0 saturated carbocycles. The van der Waals surface area contributed by atoms with E-state index in [1.807, 2.05) is 4.90 Å². The smallest absolute Gasteiger partial charge is 0.311 e. The fraction of sp³-hybridized carbons (Fsp3) is 0.583. The number of nitro groups is 1. The number of aliphatic hydroxyl groups is 1.